The molecule has 0 saturated heterocycles. The molecule has 0 atom stereocenters. The molecule has 2 aromatic carbocycles. The van der Waals surface area contributed by atoms with Crippen LogP contribution in [0.3, 0.4) is 0 Å². The topological polar surface area (TPSA) is 72.4 Å². The number of hydrogen-bond donors (Lipinski definition) is 1. The highest BCUT2D eigenvalue weighted by molar-refractivity contribution is 6.04. The molecule has 0 fully saturated rings. The molecule has 28 heavy (non-hydrogen) atoms. The highest BCUT2D eigenvalue weighted by atomic mass is 16.5. The lowest BCUT2D eigenvalue weighted by Crippen LogP contribution is -2.26. The molecule has 0 saturated carbocycles. The molecule has 0 bridgehead atoms. The van der Waals surface area contributed by atoms with E-state index in [-0.39, 0.29) is 0 Å². The maximum atomic E-state index is 5.97. The number of nitrogens with zero attached hydrogens (tertiary/aromatic N) is 3. The molecule has 1 aliphatic carbocycles. The Bertz CT molecular complexity index is 903. The number of anilines is 1. The lowest BCUT2D eigenvalue weighted by molar-refractivity contribution is 0.283. The largest absolute Gasteiger partial charge is 0.497 e. The second kappa shape index (κ2) is 8.89. The Labute approximate surface area is 166 Å². The minimum atomic E-state index is 0.412. The fourth-order valence-electron chi connectivity index (χ4n) is 3.36. The summed E-state index contributed by atoms with van der Waals surface area (Å²) < 4.78 is 11.3. The van der Waals surface area contributed by atoms with Crippen LogP contribution < -0.4 is 15.6 Å². The molecule has 0 amide bonds. The number of nitrogens with two attached hydrogens (primary N) is 1. The van der Waals surface area contributed by atoms with E-state index in [2.05, 4.69) is 35.3 Å². The van der Waals surface area contributed by atoms with Crippen molar-refractivity contribution < 1.29 is 9.47 Å². The molecule has 0 aliphatic heterocycles. The van der Waals surface area contributed by atoms with Gasteiger partial charge in [-0.1, -0.05) is 19.1 Å². The number of benzene rings is 2. The standard InChI is InChI=1S/C22H28N4O2/c1-5-22(28-14-19-15(2)7-6-8-21(19)26(3)23)25-24-20-12-9-16-13-17(27-4)10-11-18(16)20/h6-8,10-11,13H,5,9,12,14,23H2,1-4H3/b24-20?,25-22-. The lowest BCUT2D eigenvalue weighted by atomic mass is 10.1. The van der Waals surface area contributed by atoms with Gasteiger partial charge in [0.2, 0.25) is 5.90 Å². The molecule has 0 aromatic heterocycles. The Balaban J connectivity index is 1.76. The van der Waals surface area contributed by atoms with Gasteiger partial charge >= 0.3 is 0 Å². The molecule has 0 spiro atoms. The summed E-state index contributed by atoms with van der Waals surface area (Å²) in [6, 6.07) is 12.1. The molecule has 2 aromatic rings. The van der Waals surface area contributed by atoms with Gasteiger partial charge in [-0.3, -0.25) is 0 Å². The predicted octanol–water partition coefficient (Wildman–Crippen LogP) is 3.99. The molecule has 0 radical (unpaired) electrons. The van der Waals surface area contributed by atoms with Gasteiger partial charge in [0.15, 0.2) is 0 Å². The number of methoxy groups -OCH3 is 1. The molecule has 148 valence electrons. The Morgan fingerprint density at radius 1 is 1.21 bits per heavy atom. The fourth-order valence-corrected chi connectivity index (χ4v) is 3.36. The average molecular weight is 380 g/mol. The number of ether oxygens (including phenoxy) is 2. The lowest BCUT2D eigenvalue weighted by Gasteiger charge is -2.19. The first-order valence-electron chi connectivity index (χ1n) is 9.53. The summed E-state index contributed by atoms with van der Waals surface area (Å²) in [5.41, 5.74) is 6.52. The molecule has 0 heterocycles. The Morgan fingerprint density at radius 2 is 2.04 bits per heavy atom. The zero-order valence-electron chi connectivity index (χ0n) is 17.0. The van der Waals surface area contributed by atoms with Crippen LogP contribution in [0.2, 0.25) is 0 Å². The van der Waals surface area contributed by atoms with Gasteiger partial charge in [0.05, 0.1) is 18.5 Å². The summed E-state index contributed by atoms with van der Waals surface area (Å²) >= 11 is 0. The second-order valence-electron chi connectivity index (χ2n) is 6.89. The van der Waals surface area contributed by atoms with E-state index in [1.165, 1.54) is 5.56 Å². The fraction of sp³-hybridized carbons (Fsp3) is 0.364. The third-order valence-corrected chi connectivity index (χ3v) is 4.99. The van der Waals surface area contributed by atoms with Gasteiger partial charge in [-0.2, -0.15) is 5.10 Å². The minimum Gasteiger partial charge on any atom is -0.497 e. The Kier molecular flexibility index (Phi) is 6.31. The predicted molar refractivity (Wildman–Crippen MR) is 114 cm³/mol. The van der Waals surface area contributed by atoms with Crippen LogP contribution in [0.25, 0.3) is 0 Å². The van der Waals surface area contributed by atoms with E-state index < -0.39 is 0 Å². The number of hydrogen-bond acceptors (Lipinski definition) is 6. The molecule has 1 aliphatic rings. The van der Waals surface area contributed by atoms with Gasteiger partial charge < -0.3 is 14.5 Å². The van der Waals surface area contributed by atoms with Crippen LogP contribution in [0.15, 0.2) is 46.6 Å². The number of hydrazine groups is 1. The first-order chi connectivity index (χ1) is 13.5. The van der Waals surface area contributed by atoms with Crippen molar-refractivity contribution in [2.75, 3.05) is 19.2 Å². The summed E-state index contributed by atoms with van der Waals surface area (Å²) in [4.78, 5) is 0. The monoisotopic (exact) mass is 380 g/mol. The number of fused-ring (bicyclic) bond motifs is 1. The van der Waals surface area contributed by atoms with Crippen LogP contribution >= 0.6 is 0 Å². The third kappa shape index (κ3) is 4.34. The van der Waals surface area contributed by atoms with Crippen molar-refractivity contribution in [3.8, 4) is 5.75 Å². The molecule has 6 nitrogen and oxygen atoms in total. The van der Waals surface area contributed by atoms with Crippen molar-refractivity contribution in [2.45, 2.75) is 39.7 Å². The minimum absolute atomic E-state index is 0.412. The molecule has 3 rings (SSSR count). The van der Waals surface area contributed by atoms with Gasteiger partial charge in [0.1, 0.15) is 12.4 Å². The maximum absolute atomic E-state index is 5.97. The molecular weight excluding hydrogens is 352 g/mol. The summed E-state index contributed by atoms with van der Waals surface area (Å²) in [6.07, 6.45) is 2.51. The van der Waals surface area contributed by atoms with Crippen LogP contribution in [0, 0.1) is 6.92 Å². The molecular formula is C22H28N4O2. The summed E-state index contributed by atoms with van der Waals surface area (Å²) in [7, 11) is 3.51. The van der Waals surface area contributed by atoms with Crippen LogP contribution in [0.4, 0.5) is 5.69 Å². The highest BCUT2D eigenvalue weighted by Crippen LogP contribution is 2.27. The smallest absolute Gasteiger partial charge is 0.208 e. The van der Waals surface area contributed by atoms with Crippen molar-refractivity contribution in [3.63, 3.8) is 0 Å². The molecule has 6 heteroatoms. The van der Waals surface area contributed by atoms with E-state index in [1.807, 2.05) is 32.2 Å². The van der Waals surface area contributed by atoms with E-state index in [0.29, 0.717) is 18.9 Å². The van der Waals surface area contributed by atoms with Crippen molar-refractivity contribution in [1.29, 1.82) is 0 Å². The maximum Gasteiger partial charge on any atom is 0.208 e. The van der Waals surface area contributed by atoms with Crippen LogP contribution in [-0.2, 0) is 17.8 Å². The van der Waals surface area contributed by atoms with Gasteiger partial charge in [0.25, 0.3) is 0 Å². The van der Waals surface area contributed by atoms with E-state index in [4.69, 9.17) is 15.3 Å². The van der Waals surface area contributed by atoms with Gasteiger partial charge in [-0.25, -0.2) is 5.84 Å². The highest BCUT2D eigenvalue weighted by Gasteiger charge is 2.18. The number of rotatable bonds is 6. The summed E-state index contributed by atoms with van der Waals surface area (Å²) in [5.74, 6) is 7.44. The second-order valence-corrected chi connectivity index (χ2v) is 6.89. The quantitative estimate of drug-likeness (QED) is 0.356. The van der Waals surface area contributed by atoms with Crippen molar-refractivity contribution in [1.82, 2.24) is 0 Å². The molecule has 0 unspecified atom stereocenters. The third-order valence-electron chi connectivity index (χ3n) is 4.99. The van der Waals surface area contributed by atoms with Gasteiger partial charge in [-0.05, 0) is 55.2 Å². The van der Waals surface area contributed by atoms with E-state index in [0.717, 1.165) is 46.7 Å². The zero-order valence-corrected chi connectivity index (χ0v) is 17.0. The van der Waals surface area contributed by atoms with Gasteiger partial charge in [-0.15, -0.1) is 5.10 Å². The van der Waals surface area contributed by atoms with Crippen molar-refractivity contribution >= 4 is 17.3 Å². The SMILES string of the molecule is CC/C(=N/N=C1CCc2cc(OC)ccc21)OCc1c(C)cccc1N(C)N. The van der Waals surface area contributed by atoms with E-state index >= 15 is 0 Å². The first kappa shape index (κ1) is 19.9. The van der Waals surface area contributed by atoms with Crippen LogP contribution in [0.5, 0.6) is 5.75 Å². The van der Waals surface area contributed by atoms with E-state index in [9.17, 15) is 0 Å². The Hall–Kier alpha value is -2.86. The Morgan fingerprint density at radius 3 is 2.75 bits per heavy atom. The first-order valence-corrected chi connectivity index (χ1v) is 9.53. The summed E-state index contributed by atoms with van der Waals surface area (Å²) in [5, 5.41) is 10.5. The summed E-state index contributed by atoms with van der Waals surface area (Å²) in [6.45, 7) is 4.48. The van der Waals surface area contributed by atoms with Crippen LogP contribution in [0.1, 0.15) is 42.0 Å². The zero-order chi connectivity index (χ0) is 20.1. The van der Waals surface area contributed by atoms with Crippen LogP contribution in [-0.4, -0.2) is 25.8 Å². The van der Waals surface area contributed by atoms with Gasteiger partial charge in [0, 0.05) is 24.6 Å². The normalized spacial score (nSPS) is 14.9. The number of aryl methyl sites for hydroxylation is 2. The van der Waals surface area contributed by atoms with Crippen molar-refractivity contribution in [3.05, 3.63) is 58.7 Å². The molecule has 2 N–H and O–H groups in total. The van der Waals surface area contributed by atoms with E-state index in [1.54, 1.807) is 12.1 Å². The average Bonchev–Trinajstić information content (AvgIpc) is 3.10. The van der Waals surface area contributed by atoms with Crippen molar-refractivity contribution in [2.24, 2.45) is 16.0 Å².